The van der Waals surface area contributed by atoms with Gasteiger partial charge in [0.2, 0.25) is 5.43 Å². The topological polar surface area (TPSA) is 164 Å². The third kappa shape index (κ3) is 6.10. The first kappa shape index (κ1) is 25.6. The molecule has 0 bridgehead atoms. The van der Waals surface area contributed by atoms with Gasteiger partial charge < -0.3 is 36.5 Å². The molecule has 11 heteroatoms. The standard InChI is InChI=1S/C17H18FN3O3.C6H14N2O2/c18-13-7-11-14(8-15(13)20-5-3-19-4-6-20)21(10-1-2-10)9-12(16(11)22)17(23)24;7-4-2-1-3-5(8)6(9)10/h7-10,19H,1-6H2,(H,23,24);5H,1-4,7-8H2,(H,9,10)/t;5-/m.0/s1. The Kier molecular flexibility index (Phi) is 8.59. The second-order valence-corrected chi connectivity index (χ2v) is 8.60. The van der Waals surface area contributed by atoms with E-state index in [-0.39, 0.29) is 17.0 Å². The van der Waals surface area contributed by atoms with Gasteiger partial charge >= 0.3 is 11.9 Å². The first-order chi connectivity index (χ1) is 16.2. The number of hydrogen-bond donors (Lipinski definition) is 5. The zero-order valence-electron chi connectivity index (χ0n) is 19.0. The Labute approximate surface area is 196 Å². The van der Waals surface area contributed by atoms with Crippen LogP contribution in [0.3, 0.4) is 0 Å². The summed E-state index contributed by atoms with van der Waals surface area (Å²) in [4.78, 5) is 35.9. The molecule has 2 aromatic rings. The highest BCUT2D eigenvalue weighted by Crippen LogP contribution is 2.38. The Morgan fingerprint density at radius 1 is 1.18 bits per heavy atom. The number of carboxylic acids is 2. The molecule has 7 N–H and O–H groups in total. The average Bonchev–Trinajstić information content (AvgIpc) is 3.65. The minimum Gasteiger partial charge on any atom is -0.480 e. The molecular formula is C23H32FN5O5. The summed E-state index contributed by atoms with van der Waals surface area (Å²) in [5.41, 5.74) is 10.6. The van der Waals surface area contributed by atoms with Crippen molar-refractivity contribution in [1.82, 2.24) is 9.88 Å². The summed E-state index contributed by atoms with van der Waals surface area (Å²) in [6.45, 7) is 3.56. The fourth-order valence-electron chi connectivity index (χ4n) is 3.95. The SMILES string of the molecule is NCCCC[C@H](N)C(=O)O.O=C(O)c1cn(C2CC2)c2cc(N3CCNCC3)c(F)cc2c1=O. The number of pyridine rings is 1. The molecule has 2 heterocycles. The molecule has 2 aliphatic rings. The van der Waals surface area contributed by atoms with Gasteiger partial charge in [-0.05, 0) is 44.4 Å². The second kappa shape index (κ2) is 11.4. The smallest absolute Gasteiger partial charge is 0.341 e. The predicted octanol–water partition coefficient (Wildman–Crippen LogP) is 1.11. The fraction of sp³-hybridized carbons (Fsp3) is 0.522. The number of hydrogen-bond acceptors (Lipinski definition) is 7. The Hall–Kier alpha value is -3.02. The van der Waals surface area contributed by atoms with E-state index in [4.69, 9.17) is 16.6 Å². The molecule has 0 radical (unpaired) electrons. The van der Waals surface area contributed by atoms with Gasteiger partial charge in [-0.25, -0.2) is 9.18 Å². The van der Waals surface area contributed by atoms with E-state index in [0.29, 0.717) is 37.3 Å². The summed E-state index contributed by atoms with van der Waals surface area (Å²) in [5, 5.41) is 20.9. The molecule has 0 spiro atoms. The number of carboxylic acid groups (broad SMARTS) is 2. The molecular weight excluding hydrogens is 445 g/mol. The first-order valence-corrected chi connectivity index (χ1v) is 11.5. The van der Waals surface area contributed by atoms with E-state index in [1.807, 2.05) is 9.47 Å². The van der Waals surface area contributed by atoms with Crippen molar-refractivity contribution in [1.29, 1.82) is 0 Å². The van der Waals surface area contributed by atoms with Gasteiger partial charge in [-0.2, -0.15) is 0 Å². The van der Waals surface area contributed by atoms with Crippen LogP contribution >= 0.6 is 0 Å². The van der Waals surface area contributed by atoms with Crippen molar-refractivity contribution in [2.24, 2.45) is 11.5 Å². The number of nitrogens with two attached hydrogens (primary N) is 2. The molecule has 2 fully saturated rings. The predicted molar refractivity (Wildman–Crippen MR) is 127 cm³/mol. The third-order valence-corrected chi connectivity index (χ3v) is 6.02. The van der Waals surface area contributed by atoms with Crippen LogP contribution in [-0.2, 0) is 4.79 Å². The highest BCUT2D eigenvalue weighted by molar-refractivity contribution is 5.93. The number of unbranched alkanes of at least 4 members (excludes halogenated alkanes) is 1. The molecule has 1 aromatic heterocycles. The van der Waals surface area contributed by atoms with Gasteiger partial charge in [0.1, 0.15) is 17.4 Å². The van der Waals surface area contributed by atoms with Crippen LogP contribution in [-0.4, -0.2) is 65.5 Å². The molecule has 0 amide bonds. The monoisotopic (exact) mass is 477 g/mol. The van der Waals surface area contributed by atoms with Crippen LogP contribution in [0.5, 0.6) is 0 Å². The average molecular weight is 478 g/mol. The quantitative estimate of drug-likeness (QED) is 0.350. The largest absolute Gasteiger partial charge is 0.480 e. The molecule has 1 atom stereocenters. The molecule has 34 heavy (non-hydrogen) atoms. The molecule has 1 saturated heterocycles. The lowest BCUT2D eigenvalue weighted by atomic mass is 10.1. The van der Waals surface area contributed by atoms with Gasteiger partial charge in [-0.1, -0.05) is 6.42 Å². The van der Waals surface area contributed by atoms with E-state index in [9.17, 15) is 23.9 Å². The van der Waals surface area contributed by atoms with Crippen molar-refractivity contribution >= 4 is 28.5 Å². The van der Waals surface area contributed by atoms with Crippen LogP contribution in [0.15, 0.2) is 23.1 Å². The molecule has 1 aliphatic heterocycles. The van der Waals surface area contributed by atoms with Crippen molar-refractivity contribution < 1.29 is 24.2 Å². The van der Waals surface area contributed by atoms with Crippen molar-refractivity contribution in [3.63, 3.8) is 0 Å². The molecule has 4 rings (SSSR count). The Bertz CT molecular complexity index is 1100. The Balaban J connectivity index is 0.000000277. The highest BCUT2D eigenvalue weighted by Gasteiger charge is 2.28. The summed E-state index contributed by atoms with van der Waals surface area (Å²) in [7, 11) is 0. The third-order valence-electron chi connectivity index (χ3n) is 6.02. The van der Waals surface area contributed by atoms with Gasteiger partial charge in [0, 0.05) is 43.8 Å². The lowest BCUT2D eigenvalue weighted by Gasteiger charge is -2.30. The van der Waals surface area contributed by atoms with Gasteiger partial charge in [0.15, 0.2) is 0 Å². The summed E-state index contributed by atoms with van der Waals surface area (Å²) in [6.07, 6.45) is 5.45. The molecule has 10 nitrogen and oxygen atoms in total. The van der Waals surface area contributed by atoms with Crippen LogP contribution in [0.1, 0.15) is 48.5 Å². The second-order valence-electron chi connectivity index (χ2n) is 8.60. The maximum absolute atomic E-state index is 14.6. The zero-order valence-corrected chi connectivity index (χ0v) is 19.0. The number of carbonyl (C=O) groups is 2. The van der Waals surface area contributed by atoms with E-state index >= 15 is 0 Å². The van der Waals surface area contributed by atoms with Gasteiger partial charge in [0.25, 0.3) is 0 Å². The van der Waals surface area contributed by atoms with Gasteiger partial charge in [-0.3, -0.25) is 9.59 Å². The molecule has 0 unspecified atom stereocenters. The number of anilines is 1. The van der Waals surface area contributed by atoms with Crippen molar-refractivity contribution in [2.45, 2.75) is 44.2 Å². The van der Waals surface area contributed by atoms with E-state index < -0.39 is 29.2 Å². The van der Waals surface area contributed by atoms with E-state index in [1.54, 1.807) is 6.07 Å². The normalized spacial score (nSPS) is 16.6. The van der Waals surface area contributed by atoms with E-state index in [1.165, 1.54) is 12.3 Å². The number of aromatic carboxylic acids is 1. The number of rotatable bonds is 8. The van der Waals surface area contributed by atoms with Crippen molar-refractivity contribution in [2.75, 3.05) is 37.6 Å². The lowest BCUT2D eigenvalue weighted by Crippen LogP contribution is -2.43. The maximum Gasteiger partial charge on any atom is 0.341 e. The van der Waals surface area contributed by atoms with Crippen LogP contribution in [0, 0.1) is 5.82 Å². The van der Waals surface area contributed by atoms with Crippen molar-refractivity contribution in [3.05, 3.63) is 39.9 Å². The molecule has 1 aromatic carbocycles. The van der Waals surface area contributed by atoms with Crippen LogP contribution in [0.25, 0.3) is 10.9 Å². The minimum absolute atomic E-state index is 0.137. The summed E-state index contributed by atoms with van der Waals surface area (Å²) in [6, 6.07) is 2.36. The fourth-order valence-corrected chi connectivity index (χ4v) is 3.95. The zero-order chi connectivity index (χ0) is 24.8. The van der Waals surface area contributed by atoms with Crippen LogP contribution in [0.4, 0.5) is 10.1 Å². The number of benzene rings is 1. The number of aromatic nitrogens is 1. The Morgan fingerprint density at radius 2 is 1.85 bits per heavy atom. The molecule has 1 saturated carbocycles. The van der Waals surface area contributed by atoms with E-state index in [0.717, 1.165) is 38.8 Å². The number of fused-ring (bicyclic) bond motifs is 1. The van der Waals surface area contributed by atoms with Crippen LogP contribution in [0.2, 0.25) is 0 Å². The highest BCUT2D eigenvalue weighted by atomic mass is 19.1. The summed E-state index contributed by atoms with van der Waals surface area (Å²) >= 11 is 0. The number of aliphatic carboxylic acids is 1. The Morgan fingerprint density at radius 3 is 2.41 bits per heavy atom. The summed E-state index contributed by atoms with van der Waals surface area (Å²) < 4.78 is 16.4. The number of piperazine rings is 1. The van der Waals surface area contributed by atoms with Crippen LogP contribution < -0.4 is 27.1 Å². The summed E-state index contributed by atoms with van der Waals surface area (Å²) in [5.74, 6) is -2.69. The maximum atomic E-state index is 14.6. The van der Waals surface area contributed by atoms with Crippen molar-refractivity contribution in [3.8, 4) is 0 Å². The lowest BCUT2D eigenvalue weighted by molar-refractivity contribution is -0.138. The van der Waals surface area contributed by atoms with Gasteiger partial charge in [0.05, 0.1) is 11.2 Å². The molecule has 1 aliphatic carbocycles. The van der Waals surface area contributed by atoms with Gasteiger partial charge in [-0.15, -0.1) is 0 Å². The minimum atomic E-state index is -1.28. The number of halogens is 1. The van der Waals surface area contributed by atoms with E-state index in [2.05, 4.69) is 5.32 Å². The molecule has 186 valence electrons. The number of nitrogens with zero attached hydrogens (tertiary/aromatic N) is 2. The number of nitrogens with one attached hydrogen (secondary N) is 1. The first-order valence-electron chi connectivity index (χ1n) is 11.5.